The molecule has 11 nitrogen and oxygen atoms in total. The molecular formula is C17H31N5O6S2. The van der Waals surface area contributed by atoms with Gasteiger partial charge in [-0.1, -0.05) is 0 Å². The summed E-state index contributed by atoms with van der Waals surface area (Å²) in [4.78, 5) is 50.3. The van der Waals surface area contributed by atoms with Gasteiger partial charge in [0, 0.05) is 18.8 Å². The zero-order valence-electron chi connectivity index (χ0n) is 17.6. The molecule has 1 saturated heterocycles. The van der Waals surface area contributed by atoms with E-state index in [1.807, 2.05) is 0 Å². The molecule has 3 atom stereocenters. The molecule has 0 spiro atoms. The Hall–Kier alpha value is -2.02. The summed E-state index contributed by atoms with van der Waals surface area (Å²) >= 11 is 1.30. The molecule has 0 radical (unpaired) electrons. The van der Waals surface area contributed by atoms with Crippen LogP contribution in [0.4, 0.5) is 4.79 Å². The molecule has 5 N–H and O–H groups in total. The van der Waals surface area contributed by atoms with E-state index in [1.165, 1.54) is 16.7 Å². The van der Waals surface area contributed by atoms with E-state index in [-0.39, 0.29) is 42.8 Å². The number of thioether (sulfide) groups is 1. The average molecular weight is 466 g/mol. The first-order valence-electron chi connectivity index (χ1n) is 9.47. The molecule has 1 aliphatic heterocycles. The van der Waals surface area contributed by atoms with Gasteiger partial charge in [-0.25, -0.2) is 13.2 Å². The molecule has 172 valence electrons. The first-order valence-corrected chi connectivity index (χ1v) is 12.9. The van der Waals surface area contributed by atoms with Crippen molar-refractivity contribution in [1.29, 1.82) is 0 Å². The van der Waals surface area contributed by atoms with Crippen molar-refractivity contribution in [2.75, 3.05) is 30.6 Å². The van der Waals surface area contributed by atoms with Crippen LogP contribution in [0.2, 0.25) is 0 Å². The molecule has 0 saturated carbocycles. The molecule has 0 aliphatic carbocycles. The standard InChI is InChI=1S/C17H31N5O6S2/c1-10(2)19-17(26)20-11-7-13(22(8-11)14(23)9-29-3)16(25)21-12(15(18)24)5-6-30(4,27)28/h10-13H,5-9H2,1-4H3,(H2,18,24)(H,21,25)(H2,19,20,26)/t11-,12-,13-/m0/s1. The Bertz CT molecular complexity index is 758. The van der Waals surface area contributed by atoms with Gasteiger partial charge >= 0.3 is 6.03 Å². The number of sulfone groups is 1. The number of carbonyl (C=O) groups is 4. The van der Waals surface area contributed by atoms with Crippen LogP contribution in [0, 0.1) is 0 Å². The summed E-state index contributed by atoms with van der Waals surface area (Å²) in [6, 6.07) is -3.02. The van der Waals surface area contributed by atoms with Gasteiger partial charge in [0.25, 0.3) is 0 Å². The van der Waals surface area contributed by atoms with Gasteiger partial charge < -0.3 is 26.6 Å². The minimum atomic E-state index is -3.35. The Balaban J connectivity index is 2.90. The van der Waals surface area contributed by atoms with Gasteiger partial charge in [0.05, 0.1) is 17.5 Å². The van der Waals surface area contributed by atoms with Crippen LogP contribution in [0.3, 0.4) is 0 Å². The van der Waals surface area contributed by atoms with Crippen LogP contribution < -0.4 is 21.7 Å². The second-order valence-electron chi connectivity index (χ2n) is 7.58. The van der Waals surface area contributed by atoms with Crippen molar-refractivity contribution in [1.82, 2.24) is 20.9 Å². The van der Waals surface area contributed by atoms with Crippen molar-refractivity contribution in [2.45, 2.75) is 50.9 Å². The highest BCUT2D eigenvalue weighted by Crippen LogP contribution is 2.20. The lowest BCUT2D eigenvalue weighted by atomic mass is 10.1. The predicted molar refractivity (Wildman–Crippen MR) is 115 cm³/mol. The van der Waals surface area contributed by atoms with Gasteiger partial charge in [0.15, 0.2) is 0 Å². The number of nitrogens with two attached hydrogens (primary N) is 1. The third-order valence-electron chi connectivity index (χ3n) is 4.38. The van der Waals surface area contributed by atoms with Crippen LogP contribution in [0.25, 0.3) is 0 Å². The molecule has 1 rings (SSSR count). The van der Waals surface area contributed by atoms with Crippen molar-refractivity contribution < 1.29 is 27.6 Å². The fourth-order valence-corrected chi connectivity index (χ4v) is 4.12. The number of nitrogens with zero attached hydrogens (tertiary/aromatic N) is 1. The summed E-state index contributed by atoms with van der Waals surface area (Å²) in [5.74, 6) is -1.92. The minimum absolute atomic E-state index is 0.0779. The lowest BCUT2D eigenvalue weighted by molar-refractivity contribution is -0.137. The first-order chi connectivity index (χ1) is 13.8. The topological polar surface area (TPSA) is 168 Å². The number of hydrogen-bond acceptors (Lipinski definition) is 7. The Morgan fingerprint density at radius 3 is 2.33 bits per heavy atom. The van der Waals surface area contributed by atoms with Gasteiger partial charge in [-0.3, -0.25) is 14.4 Å². The van der Waals surface area contributed by atoms with Gasteiger partial charge in [-0.2, -0.15) is 11.8 Å². The van der Waals surface area contributed by atoms with E-state index in [0.717, 1.165) is 6.26 Å². The number of primary amides is 1. The maximum absolute atomic E-state index is 12.8. The highest BCUT2D eigenvalue weighted by molar-refractivity contribution is 7.99. The van der Waals surface area contributed by atoms with Crippen LogP contribution in [-0.4, -0.2) is 91.8 Å². The Labute approximate surface area is 181 Å². The number of rotatable bonds is 10. The van der Waals surface area contributed by atoms with E-state index in [9.17, 15) is 27.6 Å². The van der Waals surface area contributed by atoms with Crippen LogP contribution >= 0.6 is 11.8 Å². The average Bonchev–Trinajstić information content (AvgIpc) is 3.00. The maximum atomic E-state index is 12.8. The van der Waals surface area contributed by atoms with Crippen LogP contribution in [0.5, 0.6) is 0 Å². The fourth-order valence-electron chi connectivity index (χ4n) is 3.05. The van der Waals surface area contributed by atoms with Crippen LogP contribution in [-0.2, 0) is 24.2 Å². The molecule has 13 heteroatoms. The number of amides is 5. The van der Waals surface area contributed by atoms with E-state index in [2.05, 4.69) is 16.0 Å². The molecular weight excluding hydrogens is 434 g/mol. The molecule has 30 heavy (non-hydrogen) atoms. The van der Waals surface area contributed by atoms with Crippen molar-refractivity contribution in [3.63, 3.8) is 0 Å². The monoisotopic (exact) mass is 465 g/mol. The second-order valence-corrected chi connectivity index (χ2v) is 10.7. The number of likely N-dealkylation sites (tertiary alicyclic amines) is 1. The largest absolute Gasteiger partial charge is 0.368 e. The lowest BCUT2D eigenvalue weighted by Gasteiger charge is -2.25. The third kappa shape index (κ3) is 8.78. The summed E-state index contributed by atoms with van der Waals surface area (Å²) in [6.07, 6.45) is 2.77. The van der Waals surface area contributed by atoms with Crippen molar-refractivity contribution >= 4 is 45.4 Å². The molecule has 0 unspecified atom stereocenters. The highest BCUT2D eigenvalue weighted by atomic mass is 32.2. The van der Waals surface area contributed by atoms with E-state index >= 15 is 0 Å². The zero-order valence-corrected chi connectivity index (χ0v) is 19.3. The molecule has 0 aromatic heterocycles. The molecule has 0 aromatic carbocycles. The number of urea groups is 1. The molecule has 1 aliphatic rings. The van der Waals surface area contributed by atoms with Crippen LogP contribution in [0.15, 0.2) is 0 Å². The smallest absolute Gasteiger partial charge is 0.315 e. The van der Waals surface area contributed by atoms with Crippen molar-refractivity contribution in [3.05, 3.63) is 0 Å². The van der Waals surface area contributed by atoms with Gasteiger partial charge in [0.2, 0.25) is 17.7 Å². The predicted octanol–water partition coefficient (Wildman–Crippen LogP) is -1.57. The Morgan fingerprint density at radius 2 is 1.83 bits per heavy atom. The quantitative estimate of drug-likeness (QED) is 0.302. The number of carbonyl (C=O) groups excluding carboxylic acids is 4. The fraction of sp³-hybridized carbons (Fsp3) is 0.765. The van der Waals surface area contributed by atoms with E-state index in [1.54, 1.807) is 20.1 Å². The molecule has 5 amide bonds. The second kappa shape index (κ2) is 11.4. The van der Waals surface area contributed by atoms with Crippen molar-refractivity contribution in [3.8, 4) is 0 Å². The van der Waals surface area contributed by atoms with Gasteiger partial charge in [-0.05, 0) is 32.9 Å². The van der Waals surface area contributed by atoms with E-state index in [4.69, 9.17) is 5.73 Å². The SMILES string of the molecule is CSCC(=O)N1C[C@@H](NC(=O)NC(C)C)C[C@H]1C(=O)N[C@@H](CCS(C)(=O)=O)C(N)=O. The normalized spacial score (nSPS) is 20.0. The summed E-state index contributed by atoms with van der Waals surface area (Å²) in [7, 11) is -3.35. The molecule has 0 bridgehead atoms. The Morgan fingerprint density at radius 1 is 1.20 bits per heavy atom. The summed E-state index contributed by atoms with van der Waals surface area (Å²) in [5.41, 5.74) is 5.30. The minimum Gasteiger partial charge on any atom is -0.368 e. The first kappa shape index (κ1) is 26.0. The van der Waals surface area contributed by atoms with Crippen molar-refractivity contribution in [2.24, 2.45) is 5.73 Å². The zero-order chi connectivity index (χ0) is 23.1. The molecule has 1 heterocycles. The third-order valence-corrected chi connectivity index (χ3v) is 5.90. The van der Waals surface area contributed by atoms with Gasteiger partial charge in [-0.15, -0.1) is 0 Å². The number of hydrogen-bond donors (Lipinski definition) is 4. The molecule has 1 fully saturated rings. The lowest BCUT2D eigenvalue weighted by Crippen LogP contribution is -2.52. The van der Waals surface area contributed by atoms with Gasteiger partial charge in [0.1, 0.15) is 21.9 Å². The highest BCUT2D eigenvalue weighted by Gasteiger charge is 2.40. The number of nitrogens with one attached hydrogen (secondary N) is 3. The van der Waals surface area contributed by atoms with E-state index in [0.29, 0.717) is 0 Å². The summed E-state index contributed by atoms with van der Waals surface area (Å²) in [5, 5.41) is 7.88. The molecule has 0 aromatic rings. The van der Waals surface area contributed by atoms with E-state index < -0.39 is 45.8 Å². The Kier molecular flexibility index (Phi) is 9.88. The maximum Gasteiger partial charge on any atom is 0.315 e. The summed E-state index contributed by atoms with van der Waals surface area (Å²) < 4.78 is 22.7. The summed E-state index contributed by atoms with van der Waals surface area (Å²) in [6.45, 7) is 3.76. The van der Waals surface area contributed by atoms with Crippen LogP contribution in [0.1, 0.15) is 26.7 Å².